The molecule has 0 saturated carbocycles. The summed E-state index contributed by atoms with van der Waals surface area (Å²) >= 11 is 0. The lowest BCUT2D eigenvalue weighted by Gasteiger charge is -2.33. The van der Waals surface area contributed by atoms with Crippen molar-refractivity contribution in [3.05, 3.63) is 42.0 Å². The van der Waals surface area contributed by atoms with Crippen molar-refractivity contribution in [1.29, 1.82) is 0 Å². The fourth-order valence-electron chi connectivity index (χ4n) is 2.43. The van der Waals surface area contributed by atoms with Gasteiger partial charge in [-0.2, -0.15) is 0 Å². The molecule has 0 spiro atoms. The van der Waals surface area contributed by atoms with Gasteiger partial charge in [-0.15, -0.1) is 0 Å². The van der Waals surface area contributed by atoms with Crippen LogP contribution in [0.4, 0.5) is 0 Å². The molecule has 110 valence electrons. The third-order valence-corrected chi connectivity index (χ3v) is 3.97. The summed E-state index contributed by atoms with van der Waals surface area (Å²) in [5.41, 5.74) is 1.76. The maximum atomic E-state index is 12.9. The lowest BCUT2D eigenvalue weighted by atomic mass is 10.1. The molecular formula is C17H26NO2+. The molecule has 0 aliphatic carbocycles. The van der Waals surface area contributed by atoms with Crippen LogP contribution in [0.25, 0.3) is 0 Å². The standard InChI is InChI=1S/C17H26NO2/c1-6-12-20-16-13-14(5)10-11-15(16)17(19)18(7-2,8-3)9-4/h6,10-11,13H,1,7-9,12H2,2-5H3/q+1. The Labute approximate surface area is 122 Å². The average molecular weight is 276 g/mol. The molecule has 1 amide bonds. The number of amides is 1. The Morgan fingerprint density at radius 1 is 1.25 bits per heavy atom. The average Bonchev–Trinajstić information content (AvgIpc) is 2.47. The minimum absolute atomic E-state index is 0.136. The molecule has 0 N–H and O–H groups in total. The van der Waals surface area contributed by atoms with E-state index in [1.165, 1.54) is 0 Å². The molecule has 0 heterocycles. The van der Waals surface area contributed by atoms with Crippen LogP contribution in [0.1, 0.15) is 36.7 Å². The van der Waals surface area contributed by atoms with Crippen LogP contribution >= 0.6 is 0 Å². The van der Waals surface area contributed by atoms with Crippen molar-refractivity contribution in [2.75, 3.05) is 26.2 Å². The molecule has 0 fully saturated rings. The van der Waals surface area contributed by atoms with Gasteiger partial charge < -0.3 is 4.74 Å². The Morgan fingerprint density at radius 3 is 2.35 bits per heavy atom. The SMILES string of the molecule is C=CCOc1cc(C)ccc1C(=O)[N+](CC)(CC)CC. The fraction of sp³-hybridized carbons (Fsp3) is 0.471. The zero-order valence-corrected chi connectivity index (χ0v) is 13.1. The third kappa shape index (κ3) is 3.28. The van der Waals surface area contributed by atoms with Gasteiger partial charge in [0.05, 0.1) is 19.6 Å². The zero-order valence-electron chi connectivity index (χ0n) is 13.1. The second-order valence-corrected chi connectivity index (χ2v) is 5.00. The summed E-state index contributed by atoms with van der Waals surface area (Å²) in [6, 6.07) is 5.76. The normalized spacial score (nSPS) is 11.2. The lowest BCUT2D eigenvalue weighted by Crippen LogP contribution is -2.52. The van der Waals surface area contributed by atoms with Crippen LogP contribution in [0.3, 0.4) is 0 Å². The van der Waals surface area contributed by atoms with Gasteiger partial charge in [0, 0.05) is 0 Å². The number of hydrogen-bond donors (Lipinski definition) is 0. The van der Waals surface area contributed by atoms with Crippen LogP contribution in [0, 0.1) is 6.92 Å². The summed E-state index contributed by atoms with van der Waals surface area (Å²) in [5.74, 6) is 0.796. The second kappa shape index (κ2) is 7.25. The number of carbonyl (C=O) groups excluding carboxylic acids is 1. The molecule has 0 atom stereocenters. The number of carbonyl (C=O) groups is 1. The van der Waals surface area contributed by atoms with Crippen molar-refractivity contribution in [3.63, 3.8) is 0 Å². The van der Waals surface area contributed by atoms with Gasteiger partial charge in [0.2, 0.25) is 0 Å². The molecule has 0 saturated heterocycles. The molecule has 0 bridgehead atoms. The van der Waals surface area contributed by atoms with E-state index in [-0.39, 0.29) is 5.91 Å². The van der Waals surface area contributed by atoms with Crippen LogP contribution in [0.15, 0.2) is 30.9 Å². The molecular weight excluding hydrogens is 250 g/mol. The number of nitrogens with zero attached hydrogens (tertiary/aromatic N) is 1. The topological polar surface area (TPSA) is 26.3 Å². The number of rotatable bonds is 7. The fourth-order valence-corrected chi connectivity index (χ4v) is 2.43. The molecule has 0 aliphatic heterocycles. The number of aryl methyl sites for hydroxylation is 1. The number of ether oxygens (including phenoxy) is 1. The first-order chi connectivity index (χ1) is 9.54. The van der Waals surface area contributed by atoms with Gasteiger partial charge in [0.25, 0.3) is 0 Å². The van der Waals surface area contributed by atoms with E-state index >= 15 is 0 Å². The Bertz CT molecular complexity index is 468. The summed E-state index contributed by atoms with van der Waals surface area (Å²) in [6.45, 7) is 14.6. The van der Waals surface area contributed by atoms with E-state index in [1.54, 1.807) is 6.08 Å². The van der Waals surface area contributed by atoms with E-state index in [0.29, 0.717) is 22.4 Å². The van der Waals surface area contributed by atoms with Crippen molar-refractivity contribution in [1.82, 2.24) is 0 Å². The minimum Gasteiger partial charge on any atom is -0.489 e. The molecule has 1 aromatic rings. The lowest BCUT2D eigenvalue weighted by molar-refractivity contribution is -0.843. The van der Waals surface area contributed by atoms with Crippen LogP contribution in [-0.4, -0.2) is 36.6 Å². The molecule has 1 rings (SSSR count). The molecule has 0 aromatic heterocycles. The predicted molar refractivity (Wildman–Crippen MR) is 83.1 cm³/mol. The van der Waals surface area contributed by atoms with Crippen molar-refractivity contribution in [3.8, 4) is 5.75 Å². The monoisotopic (exact) mass is 276 g/mol. The summed E-state index contributed by atoms with van der Waals surface area (Å²) in [5, 5.41) is 0. The Morgan fingerprint density at radius 2 is 1.85 bits per heavy atom. The highest BCUT2D eigenvalue weighted by molar-refractivity contribution is 5.92. The van der Waals surface area contributed by atoms with Gasteiger partial charge in [0.15, 0.2) is 0 Å². The van der Waals surface area contributed by atoms with Crippen molar-refractivity contribution >= 4 is 5.91 Å². The maximum Gasteiger partial charge on any atom is 0.349 e. The predicted octanol–water partition coefficient (Wildman–Crippen LogP) is 3.58. The molecule has 0 aliphatic rings. The van der Waals surface area contributed by atoms with Gasteiger partial charge in [0.1, 0.15) is 17.9 Å². The van der Waals surface area contributed by atoms with Gasteiger partial charge in [-0.25, -0.2) is 4.79 Å². The van der Waals surface area contributed by atoms with Crippen molar-refractivity contribution < 1.29 is 14.0 Å². The van der Waals surface area contributed by atoms with Crippen LogP contribution in [-0.2, 0) is 0 Å². The van der Waals surface area contributed by atoms with E-state index in [0.717, 1.165) is 25.2 Å². The second-order valence-electron chi connectivity index (χ2n) is 5.00. The minimum atomic E-state index is 0.136. The number of hydrogen-bond acceptors (Lipinski definition) is 2. The largest absolute Gasteiger partial charge is 0.489 e. The first-order valence-electron chi connectivity index (χ1n) is 7.30. The van der Waals surface area contributed by atoms with E-state index in [9.17, 15) is 4.79 Å². The summed E-state index contributed by atoms with van der Waals surface area (Å²) in [7, 11) is 0. The Kier molecular flexibility index (Phi) is 5.96. The molecule has 0 unspecified atom stereocenters. The van der Waals surface area contributed by atoms with Gasteiger partial charge in [-0.05, 0) is 45.4 Å². The zero-order chi connectivity index (χ0) is 15.2. The molecule has 20 heavy (non-hydrogen) atoms. The van der Waals surface area contributed by atoms with E-state index in [2.05, 4.69) is 27.4 Å². The third-order valence-electron chi connectivity index (χ3n) is 3.97. The first-order valence-corrected chi connectivity index (χ1v) is 7.30. The highest BCUT2D eigenvalue weighted by Gasteiger charge is 2.34. The van der Waals surface area contributed by atoms with Crippen molar-refractivity contribution in [2.24, 2.45) is 0 Å². The molecule has 3 heteroatoms. The van der Waals surface area contributed by atoms with Gasteiger partial charge >= 0.3 is 5.91 Å². The summed E-state index contributed by atoms with van der Waals surface area (Å²) in [6.07, 6.45) is 1.69. The Balaban J connectivity index is 3.23. The van der Waals surface area contributed by atoms with Crippen molar-refractivity contribution in [2.45, 2.75) is 27.7 Å². The van der Waals surface area contributed by atoms with E-state index in [1.807, 2.05) is 25.1 Å². The van der Waals surface area contributed by atoms with E-state index < -0.39 is 0 Å². The summed E-state index contributed by atoms with van der Waals surface area (Å²) in [4.78, 5) is 12.9. The Hall–Kier alpha value is -1.61. The quantitative estimate of drug-likeness (QED) is 0.562. The first kappa shape index (κ1) is 16.4. The highest BCUT2D eigenvalue weighted by atomic mass is 16.5. The smallest absolute Gasteiger partial charge is 0.349 e. The highest BCUT2D eigenvalue weighted by Crippen LogP contribution is 2.25. The molecule has 1 aromatic carbocycles. The van der Waals surface area contributed by atoms with Crippen LogP contribution < -0.4 is 4.74 Å². The molecule has 3 nitrogen and oxygen atoms in total. The number of quaternary nitrogens is 1. The van der Waals surface area contributed by atoms with Crippen LogP contribution in [0.2, 0.25) is 0 Å². The van der Waals surface area contributed by atoms with Gasteiger partial charge in [-0.1, -0.05) is 18.7 Å². The van der Waals surface area contributed by atoms with Gasteiger partial charge in [-0.3, -0.25) is 4.48 Å². The van der Waals surface area contributed by atoms with E-state index in [4.69, 9.17) is 4.74 Å². The maximum absolute atomic E-state index is 12.9. The molecule has 0 radical (unpaired) electrons. The van der Waals surface area contributed by atoms with Crippen LogP contribution in [0.5, 0.6) is 5.75 Å². The summed E-state index contributed by atoms with van der Waals surface area (Å²) < 4.78 is 6.12. The number of benzene rings is 1.